The molecule has 7 heteroatoms. The number of nitrogens with zero attached hydrogens (tertiary/aromatic N) is 3. The molecule has 2 fully saturated rings. The van der Waals surface area contributed by atoms with Gasteiger partial charge in [0, 0.05) is 18.9 Å². The van der Waals surface area contributed by atoms with Crippen molar-refractivity contribution in [2.24, 2.45) is 18.4 Å². The largest absolute Gasteiger partial charge is 0.317 e. The Morgan fingerprint density at radius 1 is 1.21 bits per heavy atom. The molecular weight excluding hydrogens is 326 g/mol. The number of nitrogens with one attached hydrogen (secondary N) is 2. The Kier molecular flexibility index (Phi) is 6.26. The molecule has 0 radical (unpaired) electrons. The van der Waals surface area contributed by atoms with Crippen molar-refractivity contribution in [1.29, 1.82) is 0 Å². The second-order valence-electron chi connectivity index (χ2n) is 7.87. The van der Waals surface area contributed by atoms with Gasteiger partial charge in [0.15, 0.2) is 5.82 Å². The summed E-state index contributed by atoms with van der Waals surface area (Å²) in [5.41, 5.74) is 0.379. The lowest BCUT2D eigenvalue weighted by Gasteiger charge is -2.33. The SMILES string of the molecule is Cl.Cn1nc(C2CCNCC2)nc1NC(=O)C1CCC(C)(C)CC1. The Balaban J connectivity index is 0.00000208. The van der Waals surface area contributed by atoms with Crippen LogP contribution in [0.5, 0.6) is 0 Å². The zero-order valence-corrected chi connectivity index (χ0v) is 15.8. The van der Waals surface area contributed by atoms with Crippen molar-refractivity contribution in [3.63, 3.8) is 0 Å². The van der Waals surface area contributed by atoms with Crippen molar-refractivity contribution in [1.82, 2.24) is 20.1 Å². The number of aromatic nitrogens is 3. The maximum atomic E-state index is 12.5. The van der Waals surface area contributed by atoms with Gasteiger partial charge in [0.1, 0.15) is 0 Å². The molecule has 2 heterocycles. The van der Waals surface area contributed by atoms with Crippen LogP contribution >= 0.6 is 12.4 Å². The van der Waals surface area contributed by atoms with Crippen molar-refractivity contribution in [3.05, 3.63) is 5.82 Å². The van der Waals surface area contributed by atoms with Gasteiger partial charge in [-0.3, -0.25) is 10.1 Å². The van der Waals surface area contributed by atoms with Crippen LogP contribution in [-0.2, 0) is 11.8 Å². The molecule has 0 atom stereocenters. The molecule has 1 amide bonds. The molecule has 1 aliphatic carbocycles. The summed E-state index contributed by atoms with van der Waals surface area (Å²) in [6, 6.07) is 0. The maximum absolute atomic E-state index is 12.5. The molecule has 2 N–H and O–H groups in total. The highest BCUT2D eigenvalue weighted by Gasteiger charge is 2.31. The fourth-order valence-electron chi connectivity index (χ4n) is 3.64. The third kappa shape index (κ3) is 4.48. The summed E-state index contributed by atoms with van der Waals surface area (Å²) in [6.07, 6.45) is 6.30. The summed E-state index contributed by atoms with van der Waals surface area (Å²) in [6.45, 7) is 6.61. The lowest BCUT2D eigenvalue weighted by Crippen LogP contribution is -2.30. The molecule has 24 heavy (non-hydrogen) atoms. The molecule has 1 saturated carbocycles. The third-order valence-electron chi connectivity index (χ3n) is 5.43. The number of hydrogen-bond donors (Lipinski definition) is 2. The predicted molar refractivity (Wildman–Crippen MR) is 97.5 cm³/mol. The minimum Gasteiger partial charge on any atom is -0.317 e. The average molecular weight is 356 g/mol. The number of rotatable bonds is 3. The zero-order chi connectivity index (χ0) is 16.4. The Labute approximate surface area is 150 Å². The number of carbonyl (C=O) groups is 1. The summed E-state index contributed by atoms with van der Waals surface area (Å²) in [7, 11) is 1.86. The summed E-state index contributed by atoms with van der Waals surface area (Å²) in [4.78, 5) is 17.1. The van der Waals surface area contributed by atoms with E-state index in [4.69, 9.17) is 0 Å². The summed E-state index contributed by atoms with van der Waals surface area (Å²) in [5.74, 6) is 2.08. The Hall–Kier alpha value is -1.14. The fourth-order valence-corrected chi connectivity index (χ4v) is 3.64. The predicted octanol–water partition coefficient (Wildman–Crippen LogP) is 2.86. The van der Waals surface area contributed by atoms with Crippen LogP contribution in [0, 0.1) is 11.3 Å². The molecule has 6 nitrogen and oxygen atoms in total. The van der Waals surface area contributed by atoms with Crippen LogP contribution in [0.25, 0.3) is 0 Å². The van der Waals surface area contributed by atoms with Crippen molar-refractivity contribution in [2.75, 3.05) is 18.4 Å². The van der Waals surface area contributed by atoms with Gasteiger partial charge in [0.25, 0.3) is 0 Å². The molecule has 136 valence electrons. The molecule has 0 aromatic carbocycles. The van der Waals surface area contributed by atoms with Gasteiger partial charge in [-0.05, 0) is 57.0 Å². The highest BCUT2D eigenvalue weighted by Crippen LogP contribution is 2.38. The highest BCUT2D eigenvalue weighted by molar-refractivity contribution is 5.91. The van der Waals surface area contributed by atoms with Crippen molar-refractivity contribution in [3.8, 4) is 0 Å². The van der Waals surface area contributed by atoms with E-state index in [1.54, 1.807) is 4.68 Å². The van der Waals surface area contributed by atoms with Crippen LogP contribution < -0.4 is 10.6 Å². The van der Waals surface area contributed by atoms with E-state index in [-0.39, 0.29) is 24.2 Å². The van der Waals surface area contributed by atoms with Crippen molar-refractivity contribution < 1.29 is 4.79 Å². The maximum Gasteiger partial charge on any atom is 0.229 e. The van der Waals surface area contributed by atoms with E-state index >= 15 is 0 Å². The summed E-state index contributed by atoms with van der Waals surface area (Å²) >= 11 is 0. The smallest absolute Gasteiger partial charge is 0.229 e. The zero-order valence-electron chi connectivity index (χ0n) is 15.0. The van der Waals surface area contributed by atoms with Gasteiger partial charge in [-0.25, -0.2) is 4.68 Å². The average Bonchev–Trinajstić information content (AvgIpc) is 2.89. The molecular formula is C17H30ClN5O. The number of halogens is 1. The lowest BCUT2D eigenvalue weighted by atomic mass is 9.73. The van der Waals surface area contributed by atoms with E-state index in [0.717, 1.165) is 57.4 Å². The van der Waals surface area contributed by atoms with Gasteiger partial charge >= 0.3 is 0 Å². The van der Waals surface area contributed by atoms with E-state index in [0.29, 0.717) is 17.3 Å². The Morgan fingerprint density at radius 3 is 2.46 bits per heavy atom. The van der Waals surface area contributed by atoms with E-state index in [9.17, 15) is 4.79 Å². The quantitative estimate of drug-likeness (QED) is 0.874. The van der Waals surface area contributed by atoms with Crippen LogP contribution in [0.2, 0.25) is 0 Å². The topological polar surface area (TPSA) is 71.8 Å². The third-order valence-corrected chi connectivity index (χ3v) is 5.43. The van der Waals surface area contributed by atoms with Crippen molar-refractivity contribution >= 4 is 24.3 Å². The Bertz CT molecular complexity index is 555. The minimum absolute atomic E-state index is 0. The van der Waals surface area contributed by atoms with Crippen LogP contribution in [0.4, 0.5) is 5.95 Å². The van der Waals surface area contributed by atoms with E-state index < -0.39 is 0 Å². The standard InChI is InChI=1S/C17H29N5O.ClH/c1-17(2)8-4-13(5-9-17)15(23)20-16-19-14(21-22(16)3)12-6-10-18-11-7-12;/h12-13,18H,4-11H2,1-3H3,(H,19,20,21,23);1H. The molecule has 1 saturated heterocycles. The fraction of sp³-hybridized carbons (Fsp3) is 0.824. The van der Waals surface area contributed by atoms with E-state index in [2.05, 4.69) is 34.6 Å². The normalized spacial score (nSPS) is 22.0. The van der Waals surface area contributed by atoms with Gasteiger partial charge in [-0.15, -0.1) is 12.4 Å². The number of piperidine rings is 1. The molecule has 0 bridgehead atoms. The highest BCUT2D eigenvalue weighted by atomic mass is 35.5. The number of anilines is 1. The number of amides is 1. The number of carbonyl (C=O) groups excluding carboxylic acids is 1. The van der Waals surface area contributed by atoms with Gasteiger partial charge in [-0.2, -0.15) is 10.1 Å². The Morgan fingerprint density at radius 2 is 1.83 bits per heavy atom. The van der Waals surface area contributed by atoms with Crippen LogP contribution in [0.3, 0.4) is 0 Å². The van der Waals surface area contributed by atoms with Gasteiger partial charge < -0.3 is 5.32 Å². The molecule has 1 aromatic heterocycles. The summed E-state index contributed by atoms with van der Waals surface area (Å²) in [5, 5.41) is 10.9. The van der Waals surface area contributed by atoms with Crippen LogP contribution in [0.15, 0.2) is 0 Å². The van der Waals surface area contributed by atoms with Gasteiger partial charge in [0.05, 0.1) is 0 Å². The monoisotopic (exact) mass is 355 g/mol. The van der Waals surface area contributed by atoms with Crippen molar-refractivity contribution in [2.45, 2.75) is 58.3 Å². The molecule has 0 unspecified atom stereocenters. The second kappa shape index (κ2) is 7.83. The van der Waals surface area contributed by atoms with Crippen LogP contribution in [0.1, 0.15) is 64.1 Å². The lowest BCUT2D eigenvalue weighted by molar-refractivity contribution is -0.121. The minimum atomic E-state index is 0. The van der Waals surface area contributed by atoms with Crippen LogP contribution in [-0.4, -0.2) is 33.8 Å². The first kappa shape index (κ1) is 19.2. The molecule has 1 aliphatic heterocycles. The first-order valence-electron chi connectivity index (χ1n) is 8.87. The number of hydrogen-bond acceptors (Lipinski definition) is 4. The van der Waals surface area contributed by atoms with Gasteiger partial charge in [-0.1, -0.05) is 13.8 Å². The first-order valence-corrected chi connectivity index (χ1v) is 8.87. The molecule has 2 aliphatic rings. The van der Waals surface area contributed by atoms with E-state index in [1.165, 1.54) is 0 Å². The molecule has 3 rings (SSSR count). The van der Waals surface area contributed by atoms with E-state index in [1.807, 2.05) is 7.05 Å². The second-order valence-corrected chi connectivity index (χ2v) is 7.87. The first-order chi connectivity index (χ1) is 10.9. The van der Waals surface area contributed by atoms with Gasteiger partial charge in [0.2, 0.25) is 11.9 Å². The number of aryl methyl sites for hydroxylation is 1. The molecule has 1 aromatic rings. The molecule has 0 spiro atoms. The summed E-state index contributed by atoms with van der Waals surface area (Å²) < 4.78 is 1.71.